The number of carboxylic acids is 1. The molecule has 1 rings (SSSR count). The van der Waals surface area contributed by atoms with Gasteiger partial charge in [0.25, 0.3) is 0 Å². The fraction of sp³-hybridized carbons (Fsp3) is 0.917. The lowest BCUT2D eigenvalue weighted by Crippen LogP contribution is -2.32. The van der Waals surface area contributed by atoms with E-state index in [2.05, 4.69) is 0 Å². The lowest BCUT2D eigenvalue weighted by atomic mass is 9.79. The number of nitrogens with two attached hydrogens (primary N) is 2. The molecule has 7 heteroatoms. The zero-order chi connectivity index (χ0) is 15.3. The van der Waals surface area contributed by atoms with Crippen molar-refractivity contribution in [1.82, 2.24) is 0 Å². The Bertz CT molecular complexity index is 218. The summed E-state index contributed by atoms with van der Waals surface area (Å²) < 4.78 is 0. The molecule has 1 fully saturated rings. The number of rotatable bonds is 3. The molecule has 1 aliphatic rings. The van der Waals surface area contributed by atoms with E-state index in [1.165, 1.54) is 0 Å². The van der Waals surface area contributed by atoms with Crippen molar-refractivity contribution in [3.8, 4) is 0 Å². The maximum Gasteiger partial charge on any atom is 0.451 e. The van der Waals surface area contributed by atoms with E-state index in [0.717, 1.165) is 32.2 Å². The topological polar surface area (TPSA) is 130 Å². The fourth-order valence-electron chi connectivity index (χ4n) is 1.81. The summed E-state index contributed by atoms with van der Waals surface area (Å²) >= 11 is 0. The summed E-state index contributed by atoms with van der Waals surface area (Å²) in [4.78, 5) is 10.7. The Balaban J connectivity index is 0. The highest BCUT2D eigenvalue weighted by Gasteiger charge is 2.29. The van der Waals surface area contributed by atoms with Crippen LogP contribution in [-0.2, 0) is 4.79 Å². The van der Waals surface area contributed by atoms with Gasteiger partial charge in [0.05, 0.1) is 5.92 Å². The molecular formula is C12H29BN2O4. The molecule has 0 aromatic rings. The van der Waals surface area contributed by atoms with Crippen LogP contribution in [0.15, 0.2) is 0 Å². The van der Waals surface area contributed by atoms with Gasteiger partial charge in [0.2, 0.25) is 0 Å². The summed E-state index contributed by atoms with van der Waals surface area (Å²) in [5.74, 6) is -0.616. The standard InChI is InChI=1S/C8H15NO2.C2H7BO2.C2H7N/c9-5-6-3-1-2-4-7(6)8(10)11;1-2-3(4)5;1-2-3/h6-7H,1-5,9H2,(H,10,11);4-5H,2H2,1H3;2-3H2,1H3. The lowest BCUT2D eigenvalue weighted by molar-refractivity contribution is -0.144. The largest absolute Gasteiger partial charge is 0.481 e. The molecule has 6 nitrogen and oxygen atoms in total. The third-order valence-corrected chi connectivity index (χ3v) is 2.89. The summed E-state index contributed by atoms with van der Waals surface area (Å²) in [6.45, 7) is 4.88. The number of hydrogen-bond acceptors (Lipinski definition) is 5. The first-order valence-corrected chi connectivity index (χ1v) is 6.93. The van der Waals surface area contributed by atoms with E-state index in [1.807, 2.05) is 6.92 Å². The molecule has 0 spiro atoms. The normalized spacial score (nSPS) is 21.4. The highest BCUT2D eigenvalue weighted by Crippen LogP contribution is 2.29. The number of carbonyl (C=O) groups is 1. The van der Waals surface area contributed by atoms with Crippen molar-refractivity contribution in [3.05, 3.63) is 0 Å². The van der Waals surface area contributed by atoms with Crippen molar-refractivity contribution in [1.29, 1.82) is 0 Å². The zero-order valence-electron chi connectivity index (χ0n) is 12.1. The molecule has 1 saturated carbocycles. The average Bonchev–Trinajstić information content (AvgIpc) is 2.40. The van der Waals surface area contributed by atoms with Crippen molar-refractivity contribution in [2.45, 2.75) is 45.9 Å². The third kappa shape index (κ3) is 12.2. The molecule has 114 valence electrons. The molecule has 0 aromatic heterocycles. The number of carboxylic acid groups (broad SMARTS) is 1. The smallest absolute Gasteiger partial charge is 0.451 e. The molecule has 1 aliphatic carbocycles. The monoisotopic (exact) mass is 276 g/mol. The first-order chi connectivity index (χ1) is 8.94. The van der Waals surface area contributed by atoms with Gasteiger partial charge < -0.3 is 26.6 Å². The maximum atomic E-state index is 10.7. The summed E-state index contributed by atoms with van der Waals surface area (Å²) in [5, 5.41) is 24.6. The first-order valence-electron chi connectivity index (χ1n) is 6.93. The quantitative estimate of drug-likeness (QED) is 0.471. The Morgan fingerprint density at radius 3 is 1.89 bits per heavy atom. The zero-order valence-corrected chi connectivity index (χ0v) is 12.1. The van der Waals surface area contributed by atoms with E-state index in [4.69, 9.17) is 26.6 Å². The summed E-state index contributed by atoms with van der Waals surface area (Å²) in [7, 11) is -1.12. The molecule has 19 heavy (non-hydrogen) atoms. The van der Waals surface area contributed by atoms with E-state index in [-0.39, 0.29) is 11.8 Å². The SMILES string of the molecule is CCB(O)O.CCN.NCC1CCCCC1C(=O)O. The van der Waals surface area contributed by atoms with Crippen LogP contribution in [0.2, 0.25) is 6.32 Å². The molecular weight excluding hydrogens is 247 g/mol. The minimum atomic E-state index is -1.12. The van der Waals surface area contributed by atoms with Gasteiger partial charge in [-0.2, -0.15) is 0 Å². The van der Waals surface area contributed by atoms with Crippen molar-refractivity contribution in [2.75, 3.05) is 13.1 Å². The Kier molecular flexibility index (Phi) is 15.0. The van der Waals surface area contributed by atoms with E-state index in [0.29, 0.717) is 12.9 Å². The third-order valence-electron chi connectivity index (χ3n) is 2.89. The molecule has 0 saturated heterocycles. The van der Waals surface area contributed by atoms with Crippen LogP contribution in [0.3, 0.4) is 0 Å². The van der Waals surface area contributed by atoms with Crippen molar-refractivity contribution < 1.29 is 19.9 Å². The summed E-state index contributed by atoms with van der Waals surface area (Å²) in [6.07, 6.45) is 4.42. The number of hydrogen-bond donors (Lipinski definition) is 5. The molecule has 0 heterocycles. The lowest BCUT2D eigenvalue weighted by Gasteiger charge is -2.26. The van der Waals surface area contributed by atoms with E-state index < -0.39 is 13.1 Å². The molecule has 2 atom stereocenters. The van der Waals surface area contributed by atoms with Gasteiger partial charge in [-0.15, -0.1) is 0 Å². The van der Waals surface area contributed by atoms with Crippen molar-refractivity contribution >= 4 is 13.1 Å². The molecule has 2 unspecified atom stereocenters. The Morgan fingerprint density at radius 2 is 1.63 bits per heavy atom. The van der Waals surface area contributed by atoms with Crippen LogP contribution < -0.4 is 11.5 Å². The van der Waals surface area contributed by atoms with Gasteiger partial charge in [-0.05, 0) is 38.2 Å². The average molecular weight is 276 g/mol. The van der Waals surface area contributed by atoms with E-state index >= 15 is 0 Å². The van der Waals surface area contributed by atoms with E-state index in [1.54, 1.807) is 6.92 Å². The predicted octanol–water partition coefficient (Wildman–Crippen LogP) is 0.280. The van der Waals surface area contributed by atoms with E-state index in [9.17, 15) is 4.79 Å². The summed E-state index contributed by atoms with van der Waals surface area (Å²) in [5.41, 5.74) is 10.3. The minimum absolute atomic E-state index is 0.172. The molecule has 0 aliphatic heterocycles. The molecule has 0 amide bonds. The van der Waals surface area contributed by atoms with Crippen LogP contribution in [0.5, 0.6) is 0 Å². The second-order valence-electron chi connectivity index (χ2n) is 4.52. The predicted molar refractivity (Wildman–Crippen MR) is 77.5 cm³/mol. The van der Waals surface area contributed by atoms with Gasteiger partial charge in [0.15, 0.2) is 0 Å². The van der Waals surface area contributed by atoms with Crippen LogP contribution in [0, 0.1) is 11.8 Å². The van der Waals surface area contributed by atoms with Gasteiger partial charge in [0, 0.05) is 0 Å². The molecule has 7 N–H and O–H groups in total. The molecule has 0 radical (unpaired) electrons. The summed E-state index contributed by atoms with van der Waals surface area (Å²) in [6, 6.07) is 0. The fourth-order valence-corrected chi connectivity index (χ4v) is 1.81. The highest BCUT2D eigenvalue weighted by molar-refractivity contribution is 6.40. The van der Waals surface area contributed by atoms with Gasteiger partial charge in [-0.3, -0.25) is 4.79 Å². The van der Waals surface area contributed by atoms with Crippen LogP contribution in [0.1, 0.15) is 39.5 Å². The highest BCUT2D eigenvalue weighted by atomic mass is 16.4. The second-order valence-corrected chi connectivity index (χ2v) is 4.52. The van der Waals surface area contributed by atoms with Crippen LogP contribution >= 0.6 is 0 Å². The van der Waals surface area contributed by atoms with Gasteiger partial charge in [0.1, 0.15) is 0 Å². The Morgan fingerprint density at radius 1 is 1.21 bits per heavy atom. The maximum absolute atomic E-state index is 10.7. The minimum Gasteiger partial charge on any atom is -0.481 e. The molecule has 0 aromatic carbocycles. The van der Waals surface area contributed by atoms with Crippen LogP contribution in [0.4, 0.5) is 0 Å². The first kappa shape index (κ1) is 20.7. The molecule has 0 bridgehead atoms. The van der Waals surface area contributed by atoms with Gasteiger partial charge in [-0.25, -0.2) is 0 Å². The van der Waals surface area contributed by atoms with Gasteiger partial charge >= 0.3 is 13.1 Å². The van der Waals surface area contributed by atoms with Crippen molar-refractivity contribution in [3.63, 3.8) is 0 Å². The Hall–Kier alpha value is -0.625. The Labute approximate surface area is 116 Å². The van der Waals surface area contributed by atoms with Crippen LogP contribution in [-0.4, -0.2) is 41.3 Å². The van der Waals surface area contributed by atoms with Gasteiger partial charge in [-0.1, -0.05) is 26.7 Å². The van der Waals surface area contributed by atoms with Crippen molar-refractivity contribution in [2.24, 2.45) is 23.3 Å². The van der Waals surface area contributed by atoms with Crippen LogP contribution in [0.25, 0.3) is 0 Å². The second kappa shape index (κ2) is 13.8. The number of aliphatic carboxylic acids is 1.